The van der Waals surface area contributed by atoms with Crippen LogP contribution in [0.5, 0.6) is 34.5 Å². The van der Waals surface area contributed by atoms with E-state index in [1.165, 1.54) is 103 Å². The molecule has 0 bridgehead atoms. The molecule has 0 fully saturated rings. The van der Waals surface area contributed by atoms with Gasteiger partial charge in [0.15, 0.2) is 45.1 Å². The number of nitrogens with one attached hydrogen (secondary N) is 8. The number of carbonyl (C=O) groups is 7. The van der Waals surface area contributed by atoms with E-state index in [0.29, 0.717) is 28.5 Å². The van der Waals surface area contributed by atoms with Crippen molar-refractivity contribution in [3.63, 3.8) is 0 Å². The molecule has 0 aromatic heterocycles. The van der Waals surface area contributed by atoms with Gasteiger partial charge >= 0.3 is 0 Å². The van der Waals surface area contributed by atoms with Crippen molar-refractivity contribution in [2.75, 3.05) is 48.3 Å². The molecule has 13 rings (SSSR count). The van der Waals surface area contributed by atoms with Crippen molar-refractivity contribution in [2.24, 2.45) is 0 Å². The molecule has 12 N–H and O–H groups in total. The number of carbonyl (C=O) groups excluding carboxylic acids is 7. The maximum atomic E-state index is 14.6. The van der Waals surface area contributed by atoms with Crippen LogP contribution in [0.4, 0.5) is 55.6 Å². The minimum Gasteiger partial charge on any atom is -0.506 e. The minimum absolute atomic E-state index is 0.0143. The Morgan fingerprint density at radius 2 is 0.755 bits per heavy atom. The molecule has 37 heteroatoms. The molecule has 0 saturated carbocycles. The minimum atomic E-state index is -4.01. The average Bonchev–Trinajstić information content (AvgIpc) is 0.799. The standard InChI is InChI=1S/C32H34N2O5S.C26H27ClN2O5S.C24H21Cl3N2O5S.C24H23FN2O5S/c1-5-23(4)24-11-15-26(16-12-24)39-31-19-28(33-25-13-9-21(2)10-14-25)30(35)18-29(31)34-32(36)20-40(37,38)27-8-6-7-22(3)17-27;1-5-24(35(33,34)19-11-16(3)10-17(4)12-19)26(32)28-21-14-23(30)22(13-20(21)27)29-25(31)18-8-6-15(2)7-9-18;1-3-22(35(33,34)15-6-4-5-13(2)9-15)24(32)28-19-12-21(30)20(11-18(19)27)29-23(31)14-7-8-16(25)17(26)10-14;1-14-7-9-18(10-8-14)33(31,32)16(3)23(29)26-20-13-22(28)21(12-19(20)25)27-24(30)17-6-4-5-15(2)11-17/h6-19,23,33,35H,5,20H2,1-4H3,(H,34,36);6-14,24,30H,5H2,1-4H3,(H,28,32)(H,29,31);4-12,22,30H,3H2,1-2H3,(H,28,32)(H,29,31);4-13,16,28H,1-3H3,(H,26,29)(H,27,30). The number of hydrogen-bond donors (Lipinski definition) is 12. The van der Waals surface area contributed by atoms with Crippen molar-refractivity contribution in [3.8, 4) is 34.5 Å². The predicted molar refractivity (Wildman–Crippen MR) is 560 cm³/mol. The summed E-state index contributed by atoms with van der Waals surface area (Å²) < 4.78 is 124. The summed E-state index contributed by atoms with van der Waals surface area (Å²) in [7, 11) is -15.8. The van der Waals surface area contributed by atoms with Crippen molar-refractivity contribution < 1.29 is 96.8 Å². The number of anilines is 9. The fourth-order valence-electron chi connectivity index (χ4n) is 14.1. The zero-order valence-corrected chi connectivity index (χ0v) is 86.0. The fraction of sp³-hybridized carbons (Fsp3) is 0.198. The van der Waals surface area contributed by atoms with E-state index in [-0.39, 0.29) is 109 Å². The van der Waals surface area contributed by atoms with Gasteiger partial charge in [-0.25, -0.2) is 38.1 Å². The molecular weight excluding hydrogens is 1990 g/mol. The Labute approximate surface area is 849 Å². The first-order valence-electron chi connectivity index (χ1n) is 44.4. The molecule has 0 radical (unpaired) electrons. The lowest BCUT2D eigenvalue weighted by Crippen LogP contribution is -2.35. The van der Waals surface area contributed by atoms with E-state index in [9.17, 15) is 92.0 Å². The van der Waals surface area contributed by atoms with E-state index in [0.717, 1.165) is 74.8 Å². The second-order valence-electron chi connectivity index (χ2n) is 33.7. The van der Waals surface area contributed by atoms with E-state index in [1.807, 2.05) is 81.4 Å². The SMILES string of the molecule is CCC(C(=O)Nc1cc(O)c(NC(=O)c2ccc(C)cc2)cc1Cl)S(=O)(=O)c1cc(C)cc(C)c1.CCC(C(=O)Nc1cc(O)c(NC(=O)c2ccc(Cl)c(Cl)c2)cc1Cl)S(=O)(=O)c1cccc(C)c1.CCC(C)c1ccc(Oc2cc(Nc3ccc(C)cc3)c(O)cc2NC(=O)CS(=O)(=O)c2cccc(C)c2)cc1.Cc1ccc(S(=O)(=O)C(C)C(=O)Nc2cc(O)c(NC(=O)c3cccc(C)c3)cc2F)cc1. The molecule has 7 amide bonds. The zero-order chi connectivity index (χ0) is 105. The first-order valence-corrected chi connectivity index (χ1v) is 52.2. The van der Waals surface area contributed by atoms with Gasteiger partial charge in [0, 0.05) is 58.8 Å². The lowest BCUT2D eigenvalue weighted by molar-refractivity contribution is -0.116. The summed E-state index contributed by atoms with van der Waals surface area (Å²) in [4.78, 5) is 88.8. The van der Waals surface area contributed by atoms with Gasteiger partial charge in [0.1, 0.15) is 56.1 Å². The molecule has 28 nitrogen and oxygen atoms in total. The van der Waals surface area contributed by atoms with E-state index < -0.39 is 125 Å². The van der Waals surface area contributed by atoms with Gasteiger partial charge in [0.05, 0.1) is 85.2 Å². The number of aryl methyl sites for hydroxylation is 8. The molecule has 4 atom stereocenters. The van der Waals surface area contributed by atoms with Gasteiger partial charge in [-0.05, 0) is 243 Å². The highest BCUT2D eigenvalue weighted by Gasteiger charge is 2.37. The van der Waals surface area contributed by atoms with E-state index >= 15 is 0 Å². The summed E-state index contributed by atoms with van der Waals surface area (Å²) in [6, 6.07) is 66.3. The molecule has 0 aliphatic carbocycles. The number of benzene rings is 13. The first kappa shape index (κ1) is 111. The molecule has 0 aliphatic rings. The van der Waals surface area contributed by atoms with Crippen LogP contribution in [0.2, 0.25) is 20.1 Å². The van der Waals surface area contributed by atoms with Gasteiger partial charge in [-0.1, -0.05) is 187 Å². The maximum absolute atomic E-state index is 14.6. The average molecular weight is 2100 g/mol. The summed E-state index contributed by atoms with van der Waals surface area (Å²) in [5, 5.41) is 58.5. The Balaban J connectivity index is 0.000000196. The Bertz CT molecular complexity index is 7460. The maximum Gasteiger partial charge on any atom is 0.255 e. The number of rotatable bonds is 30. The lowest BCUT2D eigenvalue weighted by Gasteiger charge is -2.18. The van der Waals surface area contributed by atoms with E-state index in [2.05, 4.69) is 56.4 Å². The highest BCUT2D eigenvalue weighted by Crippen LogP contribution is 2.43. The molecule has 13 aromatic carbocycles. The van der Waals surface area contributed by atoms with Crippen LogP contribution >= 0.6 is 46.4 Å². The second-order valence-corrected chi connectivity index (χ2v) is 43.9. The van der Waals surface area contributed by atoms with Gasteiger partial charge < -0.3 is 67.7 Å². The van der Waals surface area contributed by atoms with Gasteiger partial charge in [-0.3, -0.25) is 33.6 Å². The van der Waals surface area contributed by atoms with Crippen LogP contribution in [0, 0.1) is 61.2 Å². The van der Waals surface area contributed by atoms with Crippen molar-refractivity contribution in [2.45, 2.75) is 151 Å². The first-order chi connectivity index (χ1) is 67.4. The summed E-state index contributed by atoms with van der Waals surface area (Å²) in [6.45, 7) is 23.3. The smallest absolute Gasteiger partial charge is 0.255 e. The van der Waals surface area contributed by atoms with Crippen molar-refractivity contribution >= 4 is 178 Å². The second kappa shape index (κ2) is 48.5. The molecule has 748 valence electrons. The highest BCUT2D eigenvalue weighted by atomic mass is 35.5. The van der Waals surface area contributed by atoms with Gasteiger partial charge in [-0.2, -0.15) is 0 Å². The van der Waals surface area contributed by atoms with Crippen molar-refractivity contribution in [1.82, 2.24) is 0 Å². The van der Waals surface area contributed by atoms with Crippen LogP contribution in [-0.4, -0.2) is 117 Å². The molecule has 143 heavy (non-hydrogen) atoms. The highest BCUT2D eigenvalue weighted by molar-refractivity contribution is 7.93. The quantitative estimate of drug-likeness (QED) is 0.0186. The normalized spacial score (nSPS) is 12.1. The van der Waals surface area contributed by atoms with E-state index in [1.54, 1.807) is 133 Å². The third-order valence-electron chi connectivity index (χ3n) is 22.3. The van der Waals surface area contributed by atoms with Crippen LogP contribution in [0.3, 0.4) is 0 Å². The molecule has 4 unspecified atom stereocenters. The molecular formula is C106H105Cl4FN8O20S4. The lowest BCUT2D eigenvalue weighted by atomic mass is 9.99. The Hall–Kier alpha value is -14.2. The number of halogens is 5. The van der Waals surface area contributed by atoms with Crippen LogP contribution < -0.4 is 47.3 Å². The number of hydrogen-bond acceptors (Lipinski definition) is 21. The largest absolute Gasteiger partial charge is 0.506 e. The summed E-state index contributed by atoms with van der Waals surface area (Å²) in [6.07, 6.45) is 1.06. The number of aromatic hydroxyl groups is 4. The topological polar surface area (TPSA) is 442 Å². The van der Waals surface area contributed by atoms with Gasteiger partial charge in [0.2, 0.25) is 23.6 Å². The molecule has 0 spiro atoms. The Kier molecular flexibility index (Phi) is 37.6. The molecule has 0 heterocycles. The van der Waals surface area contributed by atoms with Crippen LogP contribution in [0.15, 0.2) is 274 Å². The molecule has 0 saturated heterocycles. The summed E-state index contributed by atoms with van der Waals surface area (Å²) >= 11 is 24.3. The van der Waals surface area contributed by atoms with Crippen molar-refractivity contribution in [1.29, 1.82) is 0 Å². The zero-order valence-electron chi connectivity index (χ0n) is 79.7. The third kappa shape index (κ3) is 29.5. The Morgan fingerprint density at radius 3 is 1.25 bits per heavy atom. The van der Waals surface area contributed by atoms with Gasteiger partial charge in [0.25, 0.3) is 17.7 Å². The van der Waals surface area contributed by atoms with E-state index in [4.69, 9.17) is 51.1 Å². The van der Waals surface area contributed by atoms with Crippen LogP contribution in [0.1, 0.15) is 141 Å². The number of amides is 7. The third-order valence-corrected chi connectivity index (χ3v) is 31.8. The number of phenolic OH excluding ortho intramolecular Hbond substituents is 4. The summed E-state index contributed by atoms with van der Waals surface area (Å²) in [5.74, 6) is -6.80. The number of sulfone groups is 4. The van der Waals surface area contributed by atoms with Crippen LogP contribution in [0.25, 0.3) is 0 Å². The van der Waals surface area contributed by atoms with Gasteiger partial charge in [-0.15, -0.1) is 0 Å². The van der Waals surface area contributed by atoms with Crippen LogP contribution in [-0.2, 0) is 58.5 Å². The monoisotopic (exact) mass is 2100 g/mol. The fourth-order valence-corrected chi connectivity index (χ4v) is 20.9. The summed E-state index contributed by atoms with van der Waals surface area (Å²) in [5.41, 5.74) is 9.64. The molecule has 0 aliphatic heterocycles. The Morgan fingerprint density at radius 1 is 0.336 bits per heavy atom. The predicted octanol–water partition coefficient (Wildman–Crippen LogP) is 23.2. The molecule has 13 aromatic rings. The number of ether oxygens (including phenoxy) is 1. The van der Waals surface area contributed by atoms with Crippen molar-refractivity contribution in [3.05, 3.63) is 347 Å². The number of phenols is 4.